The van der Waals surface area contributed by atoms with Gasteiger partial charge in [-0.2, -0.15) is 9.97 Å². The number of nitrogens with zero attached hydrogens (tertiary/aromatic N) is 4. The molecule has 0 saturated carbocycles. The first-order valence-corrected chi connectivity index (χ1v) is 11.6. The molecule has 2 N–H and O–H groups in total. The maximum absolute atomic E-state index is 5.67. The summed E-state index contributed by atoms with van der Waals surface area (Å²) in [5.74, 6) is 3.31. The highest BCUT2D eigenvalue weighted by Gasteiger charge is 2.22. The Hall–Kier alpha value is -1.67. The van der Waals surface area contributed by atoms with Gasteiger partial charge in [0.1, 0.15) is 11.6 Å². The summed E-state index contributed by atoms with van der Waals surface area (Å²) >= 11 is 5.50. The van der Waals surface area contributed by atoms with Crippen LogP contribution in [0.2, 0.25) is 0 Å². The van der Waals surface area contributed by atoms with Crippen LogP contribution < -0.4 is 20.4 Å². The Morgan fingerprint density at radius 2 is 1.83 bits per heavy atom. The minimum absolute atomic E-state index is 0.251. The van der Waals surface area contributed by atoms with Crippen LogP contribution >= 0.6 is 12.2 Å². The molecule has 1 aromatic rings. The summed E-state index contributed by atoms with van der Waals surface area (Å²) < 4.78 is 5.67. The third-order valence-corrected chi connectivity index (χ3v) is 6.35. The molecule has 3 aliphatic heterocycles. The lowest BCUT2D eigenvalue weighted by atomic mass is 10.0. The van der Waals surface area contributed by atoms with Gasteiger partial charge in [0.2, 0.25) is 5.95 Å². The van der Waals surface area contributed by atoms with Crippen molar-refractivity contribution in [2.45, 2.75) is 58.0 Å². The highest BCUT2D eigenvalue weighted by Crippen LogP contribution is 2.27. The Morgan fingerprint density at radius 1 is 1.07 bits per heavy atom. The predicted octanol–water partition coefficient (Wildman–Crippen LogP) is 3.17. The molecule has 3 fully saturated rings. The number of hydrogen-bond donors (Lipinski definition) is 2. The number of thiocarbonyl (C=S) groups is 1. The minimum atomic E-state index is 0.251. The van der Waals surface area contributed by atoms with Crippen molar-refractivity contribution in [3.05, 3.63) is 6.07 Å². The smallest absolute Gasteiger partial charge is 0.232 e. The fourth-order valence-corrected chi connectivity index (χ4v) is 4.65. The van der Waals surface area contributed by atoms with Crippen molar-refractivity contribution in [2.24, 2.45) is 5.92 Å². The molecule has 1 aromatic heterocycles. The Balaban J connectivity index is 1.48. The molecule has 8 heteroatoms. The van der Waals surface area contributed by atoms with E-state index in [2.05, 4.69) is 33.4 Å². The summed E-state index contributed by atoms with van der Waals surface area (Å²) in [5, 5.41) is 7.06. The van der Waals surface area contributed by atoms with E-state index in [9.17, 15) is 0 Å². The fraction of sp³-hybridized carbons (Fsp3) is 0.762. The van der Waals surface area contributed by atoms with E-state index in [4.69, 9.17) is 26.9 Å². The number of piperidine rings is 2. The van der Waals surface area contributed by atoms with Gasteiger partial charge in [0.05, 0.1) is 6.10 Å². The second kappa shape index (κ2) is 9.89. The van der Waals surface area contributed by atoms with Gasteiger partial charge in [-0.1, -0.05) is 6.92 Å². The first kappa shape index (κ1) is 20.6. The quantitative estimate of drug-likeness (QED) is 0.707. The summed E-state index contributed by atoms with van der Waals surface area (Å²) in [6.45, 7) is 8.14. The van der Waals surface area contributed by atoms with Crippen LogP contribution in [0.3, 0.4) is 0 Å². The first-order valence-electron chi connectivity index (χ1n) is 11.2. The van der Waals surface area contributed by atoms with Gasteiger partial charge < -0.3 is 25.2 Å². The molecule has 4 rings (SSSR count). The van der Waals surface area contributed by atoms with Crippen molar-refractivity contribution in [1.29, 1.82) is 0 Å². The molecule has 160 valence electrons. The topological polar surface area (TPSA) is 65.5 Å². The van der Waals surface area contributed by atoms with Crippen LogP contribution in [0.5, 0.6) is 0 Å². The summed E-state index contributed by atoms with van der Waals surface area (Å²) in [6.07, 6.45) is 8.74. The van der Waals surface area contributed by atoms with E-state index >= 15 is 0 Å². The lowest BCUT2D eigenvalue weighted by Crippen LogP contribution is -2.37. The molecule has 0 amide bonds. The van der Waals surface area contributed by atoms with Gasteiger partial charge in [-0.05, 0) is 63.1 Å². The zero-order valence-electron chi connectivity index (χ0n) is 17.5. The molecule has 3 saturated heterocycles. The van der Waals surface area contributed by atoms with E-state index in [0.29, 0.717) is 17.0 Å². The van der Waals surface area contributed by atoms with Crippen molar-refractivity contribution in [2.75, 3.05) is 54.4 Å². The number of rotatable bonds is 5. The van der Waals surface area contributed by atoms with Crippen LogP contribution in [0.1, 0.15) is 51.9 Å². The lowest BCUT2D eigenvalue weighted by Gasteiger charge is -2.33. The van der Waals surface area contributed by atoms with Gasteiger partial charge >= 0.3 is 0 Å². The van der Waals surface area contributed by atoms with E-state index in [1.54, 1.807) is 0 Å². The average molecular weight is 419 g/mol. The summed E-state index contributed by atoms with van der Waals surface area (Å²) in [4.78, 5) is 14.4. The van der Waals surface area contributed by atoms with Crippen molar-refractivity contribution >= 4 is 34.9 Å². The van der Waals surface area contributed by atoms with Crippen molar-refractivity contribution in [3.63, 3.8) is 0 Å². The zero-order valence-corrected chi connectivity index (χ0v) is 18.3. The molecule has 0 spiro atoms. The Labute approximate surface area is 179 Å². The van der Waals surface area contributed by atoms with Crippen LogP contribution in [0.15, 0.2) is 6.07 Å². The molecule has 0 aliphatic carbocycles. The Bertz CT molecular complexity index is 690. The second-order valence-electron chi connectivity index (χ2n) is 8.62. The highest BCUT2D eigenvalue weighted by molar-refractivity contribution is 7.80. The largest absolute Gasteiger partial charge is 0.376 e. The van der Waals surface area contributed by atoms with Crippen molar-refractivity contribution < 1.29 is 4.74 Å². The maximum atomic E-state index is 5.67. The van der Waals surface area contributed by atoms with Gasteiger partial charge in [-0.3, -0.25) is 0 Å². The van der Waals surface area contributed by atoms with Gasteiger partial charge in [0, 0.05) is 45.4 Å². The maximum Gasteiger partial charge on any atom is 0.232 e. The second-order valence-corrected chi connectivity index (χ2v) is 9.03. The third kappa shape index (κ3) is 5.69. The predicted molar refractivity (Wildman–Crippen MR) is 122 cm³/mol. The highest BCUT2D eigenvalue weighted by atomic mass is 32.1. The molecule has 4 heterocycles. The number of anilines is 3. The summed E-state index contributed by atoms with van der Waals surface area (Å²) in [6, 6.07) is 2.16. The number of aromatic nitrogens is 2. The molecular weight excluding hydrogens is 384 g/mol. The Kier molecular flexibility index (Phi) is 7.02. The number of ether oxygens (including phenoxy) is 1. The van der Waals surface area contributed by atoms with Crippen LogP contribution in [0.4, 0.5) is 17.6 Å². The van der Waals surface area contributed by atoms with E-state index in [1.165, 1.54) is 32.1 Å². The van der Waals surface area contributed by atoms with Gasteiger partial charge in [0.25, 0.3) is 0 Å². The lowest BCUT2D eigenvalue weighted by molar-refractivity contribution is 0.114. The fourth-order valence-electron chi connectivity index (χ4n) is 4.48. The standard InChI is InChI=1S/C21H34N6OS/c1-16-7-5-11-27(15-16)19-13-18(26-9-3-2-4-10-26)23-20(24-19)25-21(29)22-14-17-8-6-12-28-17/h13,16-17H,2-12,14-15H2,1H3,(H2,22,23,24,25,29)/t16-,17-/m1/s1. The molecule has 7 nitrogen and oxygen atoms in total. The van der Waals surface area contributed by atoms with E-state index < -0.39 is 0 Å². The molecule has 0 aromatic carbocycles. The van der Waals surface area contributed by atoms with Gasteiger partial charge in [0.15, 0.2) is 5.11 Å². The average Bonchev–Trinajstić information content (AvgIpc) is 3.26. The Morgan fingerprint density at radius 3 is 2.55 bits per heavy atom. The van der Waals surface area contributed by atoms with Crippen LogP contribution in [0, 0.1) is 5.92 Å². The summed E-state index contributed by atoms with van der Waals surface area (Å²) in [5.41, 5.74) is 0. The van der Waals surface area contributed by atoms with Crippen molar-refractivity contribution in [3.8, 4) is 0 Å². The first-order chi connectivity index (χ1) is 14.2. The van der Waals surface area contributed by atoms with E-state index in [-0.39, 0.29) is 6.10 Å². The van der Waals surface area contributed by atoms with Gasteiger partial charge in [-0.25, -0.2) is 0 Å². The monoisotopic (exact) mass is 418 g/mol. The molecule has 3 aliphatic rings. The van der Waals surface area contributed by atoms with Crippen molar-refractivity contribution in [1.82, 2.24) is 15.3 Å². The molecule has 0 radical (unpaired) electrons. The molecular formula is C21H34N6OS. The van der Waals surface area contributed by atoms with Crippen LogP contribution in [-0.4, -0.2) is 60.5 Å². The summed E-state index contributed by atoms with van der Waals surface area (Å²) in [7, 11) is 0. The zero-order chi connectivity index (χ0) is 20.1. The van der Waals surface area contributed by atoms with Crippen LogP contribution in [0.25, 0.3) is 0 Å². The van der Waals surface area contributed by atoms with E-state index in [1.807, 2.05) is 0 Å². The van der Waals surface area contributed by atoms with E-state index in [0.717, 1.165) is 63.8 Å². The molecule has 29 heavy (non-hydrogen) atoms. The third-order valence-electron chi connectivity index (χ3n) is 6.10. The van der Waals surface area contributed by atoms with Gasteiger partial charge in [-0.15, -0.1) is 0 Å². The SMILES string of the molecule is C[C@@H]1CCCN(c2cc(N3CCCCC3)nc(NC(=S)NC[C@H]3CCCO3)n2)C1. The molecule has 0 bridgehead atoms. The molecule has 0 unspecified atom stereocenters. The molecule has 2 atom stereocenters. The number of hydrogen-bond acceptors (Lipinski definition) is 6. The number of nitrogens with one attached hydrogen (secondary N) is 2. The minimum Gasteiger partial charge on any atom is -0.376 e. The normalized spacial score (nSPS) is 25.1. The van der Waals surface area contributed by atoms with Crippen LogP contribution in [-0.2, 0) is 4.74 Å².